The summed E-state index contributed by atoms with van der Waals surface area (Å²) in [5.74, 6) is 1.79. The van der Waals surface area contributed by atoms with E-state index in [2.05, 4.69) is 20.5 Å². The molecule has 0 aliphatic carbocycles. The van der Waals surface area contributed by atoms with E-state index in [1.807, 2.05) is 24.3 Å². The zero-order valence-corrected chi connectivity index (χ0v) is 9.97. The Kier molecular flexibility index (Phi) is 2.53. The summed E-state index contributed by atoms with van der Waals surface area (Å²) >= 11 is 0. The maximum Gasteiger partial charge on any atom is 0.164 e. The van der Waals surface area contributed by atoms with Crippen LogP contribution in [0.5, 0.6) is 0 Å². The molecule has 0 bridgehead atoms. The van der Waals surface area contributed by atoms with Crippen molar-refractivity contribution >= 4 is 5.65 Å². The number of nitrogens with zero attached hydrogens (tertiary/aromatic N) is 4. The van der Waals surface area contributed by atoms with Gasteiger partial charge in [0.1, 0.15) is 5.82 Å². The lowest BCUT2D eigenvalue weighted by Crippen LogP contribution is -2.35. The highest BCUT2D eigenvalue weighted by atomic mass is 16.5. The Labute approximate surface area is 99.0 Å². The predicted molar refractivity (Wildman–Crippen MR) is 61.8 cm³/mol. The molecule has 2 aromatic rings. The molecule has 1 fully saturated rings. The Bertz CT molecular complexity index is 544. The summed E-state index contributed by atoms with van der Waals surface area (Å²) in [7, 11) is 0. The van der Waals surface area contributed by atoms with E-state index in [1.165, 1.54) is 0 Å². The average Bonchev–Trinajstić information content (AvgIpc) is 2.74. The van der Waals surface area contributed by atoms with Crippen LogP contribution in [0.4, 0.5) is 0 Å². The Morgan fingerprint density at radius 1 is 1.41 bits per heavy atom. The number of morpholine rings is 1. The first-order valence-electron chi connectivity index (χ1n) is 5.76. The van der Waals surface area contributed by atoms with Gasteiger partial charge >= 0.3 is 0 Å². The minimum atomic E-state index is 0.0990. The summed E-state index contributed by atoms with van der Waals surface area (Å²) in [6.07, 6.45) is 0. The smallest absolute Gasteiger partial charge is 0.164 e. The lowest BCUT2D eigenvalue weighted by Gasteiger charge is -2.22. The highest BCUT2D eigenvalue weighted by Crippen LogP contribution is 2.16. The summed E-state index contributed by atoms with van der Waals surface area (Å²) in [6.45, 7) is 6.16. The molecule has 1 atom stereocenters. The number of ether oxygens (including phenoxy) is 1. The Hall–Kier alpha value is -1.53. The number of aromatic nitrogens is 4. The molecule has 2 aromatic heterocycles. The average molecular weight is 233 g/mol. The number of rotatable bonds is 1. The van der Waals surface area contributed by atoms with E-state index >= 15 is 0 Å². The fraction of sp³-hybridized carbons (Fsp3) is 0.545. The topological polar surface area (TPSA) is 64.3 Å². The van der Waals surface area contributed by atoms with Crippen molar-refractivity contribution in [2.75, 3.05) is 19.8 Å². The van der Waals surface area contributed by atoms with Crippen molar-refractivity contribution < 1.29 is 4.74 Å². The summed E-state index contributed by atoms with van der Waals surface area (Å²) in [4.78, 5) is 4.44. The van der Waals surface area contributed by atoms with E-state index in [-0.39, 0.29) is 6.04 Å². The zero-order chi connectivity index (χ0) is 11.8. The maximum absolute atomic E-state index is 5.45. The van der Waals surface area contributed by atoms with Gasteiger partial charge < -0.3 is 10.1 Å². The van der Waals surface area contributed by atoms with Crippen molar-refractivity contribution in [1.29, 1.82) is 0 Å². The van der Waals surface area contributed by atoms with Gasteiger partial charge in [0.2, 0.25) is 0 Å². The minimum Gasteiger partial charge on any atom is -0.378 e. The molecular formula is C11H15N5O. The molecule has 1 N–H and O–H groups in total. The Balaban J connectivity index is 2.10. The quantitative estimate of drug-likeness (QED) is 0.772. The van der Waals surface area contributed by atoms with E-state index in [0.29, 0.717) is 6.61 Å². The van der Waals surface area contributed by atoms with Crippen LogP contribution in [0.1, 0.15) is 23.4 Å². The Morgan fingerprint density at radius 2 is 2.29 bits per heavy atom. The van der Waals surface area contributed by atoms with Crippen LogP contribution >= 0.6 is 0 Å². The van der Waals surface area contributed by atoms with Crippen LogP contribution < -0.4 is 5.32 Å². The third kappa shape index (κ3) is 1.79. The second kappa shape index (κ2) is 4.05. The lowest BCUT2D eigenvalue weighted by atomic mass is 10.2. The highest BCUT2D eigenvalue weighted by Gasteiger charge is 2.21. The molecular weight excluding hydrogens is 218 g/mol. The number of fused-ring (bicyclic) bond motifs is 1. The summed E-state index contributed by atoms with van der Waals surface area (Å²) in [6, 6.07) is 2.04. The van der Waals surface area contributed by atoms with Gasteiger partial charge in [0.15, 0.2) is 11.5 Å². The molecule has 6 nitrogen and oxygen atoms in total. The van der Waals surface area contributed by atoms with E-state index in [9.17, 15) is 0 Å². The van der Waals surface area contributed by atoms with Gasteiger partial charge in [-0.15, -0.1) is 10.2 Å². The molecule has 17 heavy (non-hydrogen) atoms. The summed E-state index contributed by atoms with van der Waals surface area (Å²) in [5, 5.41) is 11.8. The molecule has 1 unspecified atom stereocenters. The summed E-state index contributed by atoms with van der Waals surface area (Å²) < 4.78 is 7.44. The van der Waals surface area contributed by atoms with Gasteiger partial charge in [0.25, 0.3) is 0 Å². The van der Waals surface area contributed by atoms with Crippen LogP contribution in [0.15, 0.2) is 6.07 Å². The van der Waals surface area contributed by atoms with Crippen LogP contribution in [0.25, 0.3) is 5.65 Å². The van der Waals surface area contributed by atoms with Crippen molar-refractivity contribution in [3.63, 3.8) is 0 Å². The van der Waals surface area contributed by atoms with E-state index < -0.39 is 0 Å². The number of aryl methyl sites for hydroxylation is 2. The molecule has 0 spiro atoms. The monoisotopic (exact) mass is 233 g/mol. The number of hydrogen-bond donors (Lipinski definition) is 1. The molecule has 1 aliphatic heterocycles. The molecule has 6 heteroatoms. The largest absolute Gasteiger partial charge is 0.378 e. The molecule has 3 rings (SSSR count). The molecule has 90 valence electrons. The second-order valence-electron chi connectivity index (χ2n) is 4.28. The number of nitrogens with one attached hydrogen (secondary N) is 1. The number of hydrogen-bond acceptors (Lipinski definition) is 5. The predicted octanol–water partition coefficient (Wildman–Crippen LogP) is 0.402. The van der Waals surface area contributed by atoms with Crippen LogP contribution in [-0.4, -0.2) is 39.3 Å². The van der Waals surface area contributed by atoms with Gasteiger partial charge in [-0.25, -0.2) is 4.98 Å². The van der Waals surface area contributed by atoms with Crippen molar-refractivity contribution in [1.82, 2.24) is 24.9 Å². The van der Waals surface area contributed by atoms with Gasteiger partial charge in [-0.1, -0.05) is 0 Å². The third-order valence-corrected chi connectivity index (χ3v) is 2.95. The van der Waals surface area contributed by atoms with Crippen molar-refractivity contribution in [3.05, 3.63) is 23.4 Å². The minimum absolute atomic E-state index is 0.0990. The standard InChI is InChI=1S/C11H15N5O/c1-7-5-10-14-15-11(16(10)8(2)13-7)9-6-17-4-3-12-9/h5,9,12H,3-4,6H2,1-2H3. The van der Waals surface area contributed by atoms with Crippen molar-refractivity contribution in [3.8, 4) is 0 Å². The van der Waals surface area contributed by atoms with Crippen LogP contribution in [0.3, 0.4) is 0 Å². The molecule has 0 aromatic carbocycles. The fourth-order valence-electron chi connectivity index (χ4n) is 2.22. The van der Waals surface area contributed by atoms with Gasteiger partial charge in [-0.2, -0.15) is 0 Å². The second-order valence-corrected chi connectivity index (χ2v) is 4.28. The zero-order valence-electron chi connectivity index (χ0n) is 9.97. The third-order valence-electron chi connectivity index (χ3n) is 2.95. The van der Waals surface area contributed by atoms with Gasteiger partial charge in [-0.05, 0) is 13.8 Å². The maximum atomic E-state index is 5.45. The first kappa shape index (κ1) is 10.6. The molecule has 0 saturated carbocycles. The molecule has 0 radical (unpaired) electrons. The van der Waals surface area contributed by atoms with Crippen LogP contribution in [0, 0.1) is 13.8 Å². The van der Waals surface area contributed by atoms with Crippen molar-refractivity contribution in [2.24, 2.45) is 0 Å². The fourth-order valence-corrected chi connectivity index (χ4v) is 2.22. The van der Waals surface area contributed by atoms with Crippen molar-refractivity contribution in [2.45, 2.75) is 19.9 Å². The van der Waals surface area contributed by atoms with E-state index in [1.54, 1.807) is 0 Å². The molecule has 3 heterocycles. The van der Waals surface area contributed by atoms with E-state index in [4.69, 9.17) is 4.74 Å². The molecule has 1 aliphatic rings. The Morgan fingerprint density at radius 3 is 3.06 bits per heavy atom. The first-order valence-corrected chi connectivity index (χ1v) is 5.76. The van der Waals surface area contributed by atoms with Gasteiger partial charge in [0, 0.05) is 18.3 Å². The lowest BCUT2D eigenvalue weighted by molar-refractivity contribution is 0.0738. The molecule has 1 saturated heterocycles. The SMILES string of the molecule is Cc1cc2nnc(C3COCCN3)n2c(C)n1. The van der Waals surface area contributed by atoms with Crippen LogP contribution in [-0.2, 0) is 4.74 Å². The normalized spacial score (nSPS) is 20.9. The highest BCUT2D eigenvalue weighted by molar-refractivity contribution is 5.40. The van der Waals surface area contributed by atoms with E-state index in [0.717, 1.165) is 36.1 Å². The van der Waals surface area contributed by atoms with Gasteiger partial charge in [0.05, 0.1) is 19.3 Å². The summed E-state index contributed by atoms with van der Waals surface area (Å²) in [5.41, 5.74) is 1.80. The first-order chi connectivity index (χ1) is 8.25. The molecule has 0 amide bonds. The van der Waals surface area contributed by atoms with Gasteiger partial charge in [-0.3, -0.25) is 4.40 Å². The van der Waals surface area contributed by atoms with Crippen LogP contribution in [0.2, 0.25) is 0 Å².